The lowest BCUT2D eigenvalue weighted by Crippen LogP contribution is -2.40. The molecule has 0 radical (unpaired) electrons. The quantitative estimate of drug-likeness (QED) is 0.839. The van der Waals surface area contributed by atoms with Crippen molar-refractivity contribution in [2.45, 2.75) is 39.8 Å². The highest BCUT2D eigenvalue weighted by molar-refractivity contribution is 8.23. The molecule has 0 fully saturated rings. The fourth-order valence-electron chi connectivity index (χ4n) is 1.94. The van der Waals surface area contributed by atoms with E-state index in [2.05, 4.69) is 37.9 Å². The number of hydrogen-bond acceptors (Lipinski definition) is 3. The van der Waals surface area contributed by atoms with Gasteiger partial charge in [0.1, 0.15) is 4.32 Å². The van der Waals surface area contributed by atoms with Gasteiger partial charge >= 0.3 is 0 Å². The SMILES string of the molecule is CC(C)N(C(=S)SCC(=O)Nc1ccccc1)C(C)C. The summed E-state index contributed by atoms with van der Waals surface area (Å²) in [5.74, 6) is 0.306. The third-order valence-corrected chi connectivity index (χ3v) is 4.14. The molecule has 110 valence electrons. The molecule has 0 saturated heterocycles. The van der Waals surface area contributed by atoms with E-state index in [1.807, 2.05) is 30.3 Å². The Labute approximate surface area is 131 Å². The Hall–Kier alpha value is -1.07. The van der Waals surface area contributed by atoms with E-state index >= 15 is 0 Å². The first-order valence-electron chi connectivity index (χ1n) is 6.71. The van der Waals surface area contributed by atoms with Crippen LogP contribution in [-0.2, 0) is 4.79 Å². The molecule has 1 rings (SSSR count). The van der Waals surface area contributed by atoms with E-state index in [1.54, 1.807) is 0 Å². The molecule has 1 aromatic rings. The minimum Gasteiger partial charge on any atom is -0.353 e. The van der Waals surface area contributed by atoms with E-state index in [0.29, 0.717) is 17.8 Å². The maximum absolute atomic E-state index is 11.9. The normalized spacial score (nSPS) is 10.7. The minimum absolute atomic E-state index is 0.0315. The van der Waals surface area contributed by atoms with Crippen LogP contribution in [0.25, 0.3) is 0 Å². The van der Waals surface area contributed by atoms with Crippen molar-refractivity contribution in [1.29, 1.82) is 0 Å². The number of rotatable bonds is 5. The van der Waals surface area contributed by atoms with Crippen LogP contribution in [0.2, 0.25) is 0 Å². The smallest absolute Gasteiger partial charge is 0.234 e. The molecule has 0 aromatic heterocycles. The Bertz CT molecular complexity index is 438. The summed E-state index contributed by atoms with van der Waals surface area (Å²) in [6.45, 7) is 8.43. The first-order valence-corrected chi connectivity index (χ1v) is 8.11. The fraction of sp³-hybridized carbons (Fsp3) is 0.467. The zero-order chi connectivity index (χ0) is 15.1. The number of para-hydroxylation sites is 1. The summed E-state index contributed by atoms with van der Waals surface area (Å²) in [6.07, 6.45) is 0. The Kier molecular flexibility index (Phi) is 7.02. The number of thiocarbonyl (C=S) groups is 1. The van der Waals surface area contributed by atoms with Crippen molar-refractivity contribution in [3.63, 3.8) is 0 Å². The maximum Gasteiger partial charge on any atom is 0.234 e. The molecule has 1 amide bonds. The summed E-state index contributed by atoms with van der Waals surface area (Å²) in [6, 6.07) is 10.1. The molecule has 0 aliphatic carbocycles. The van der Waals surface area contributed by atoms with Crippen LogP contribution in [0.5, 0.6) is 0 Å². The largest absolute Gasteiger partial charge is 0.353 e. The van der Waals surface area contributed by atoms with Crippen LogP contribution in [0.4, 0.5) is 5.69 Å². The molecule has 3 nitrogen and oxygen atoms in total. The molecule has 0 spiro atoms. The Morgan fingerprint density at radius 2 is 1.75 bits per heavy atom. The first-order chi connectivity index (χ1) is 9.41. The van der Waals surface area contributed by atoms with Gasteiger partial charge in [-0.15, -0.1) is 0 Å². The summed E-state index contributed by atoms with van der Waals surface area (Å²) < 4.78 is 0.776. The standard InChI is InChI=1S/C15H22N2OS2/c1-11(2)17(12(3)4)15(19)20-10-14(18)16-13-8-6-5-7-9-13/h5-9,11-12H,10H2,1-4H3,(H,16,18). The van der Waals surface area contributed by atoms with Gasteiger partial charge in [0.2, 0.25) is 5.91 Å². The van der Waals surface area contributed by atoms with Gasteiger partial charge in [0, 0.05) is 17.8 Å². The number of amides is 1. The van der Waals surface area contributed by atoms with Gasteiger partial charge in [0.25, 0.3) is 0 Å². The lowest BCUT2D eigenvalue weighted by molar-refractivity contribution is -0.113. The van der Waals surface area contributed by atoms with Crippen LogP contribution >= 0.6 is 24.0 Å². The van der Waals surface area contributed by atoms with Crippen molar-refractivity contribution < 1.29 is 4.79 Å². The van der Waals surface area contributed by atoms with E-state index in [-0.39, 0.29) is 5.91 Å². The van der Waals surface area contributed by atoms with Crippen LogP contribution in [0.1, 0.15) is 27.7 Å². The molecule has 0 atom stereocenters. The maximum atomic E-state index is 11.9. The highest BCUT2D eigenvalue weighted by atomic mass is 32.2. The number of thioether (sulfide) groups is 1. The lowest BCUT2D eigenvalue weighted by atomic mass is 10.2. The molecule has 5 heteroatoms. The monoisotopic (exact) mass is 310 g/mol. The van der Waals surface area contributed by atoms with Gasteiger partial charge in [0.15, 0.2) is 0 Å². The Morgan fingerprint density at radius 3 is 2.25 bits per heavy atom. The van der Waals surface area contributed by atoms with Crippen LogP contribution in [-0.4, -0.2) is 33.0 Å². The summed E-state index contributed by atoms with van der Waals surface area (Å²) in [5, 5.41) is 2.86. The number of nitrogens with zero attached hydrogens (tertiary/aromatic N) is 1. The van der Waals surface area contributed by atoms with Crippen LogP contribution in [0, 0.1) is 0 Å². The third kappa shape index (κ3) is 5.51. The highest BCUT2D eigenvalue weighted by Gasteiger charge is 2.18. The van der Waals surface area contributed by atoms with Gasteiger partial charge in [-0.05, 0) is 39.8 Å². The van der Waals surface area contributed by atoms with Crippen LogP contribution < -0.4 is 5.32 Å². The van der Waals surface area contributed by atoms with E-state index in [4.69, 9.17) is 12.2 Å². The average Bonchev–Trinajstić information content (AvgIpc) is 2.36. The predicted molar refractivity (Wildman–Crippen MR) is 92.2 cm³/mol. The average molecular weight is 310 g/mol. The van der Waals surface area contributed by atoms with E-state index in [0.717, 1.165) is 10.0 Å². The number of anilines is 1. The number of benzene rings is 1. The summed E-state index contributed by atoms with van der Waals surface area (Å²) in [5.41, 5.74) is 0.814. The number of nitrogens with one attached hydrogen (secondary N) is 1. The molecule has 1 N–H and O–H groups in total. The molecule has 1 aromatic carbocycles. The Balaban J connectivity index is 2.46. The van der Waals surface area contributed by atoms with E-state index in [9.17, 15) is 4.79 Å². The van der Waals surface area contributed by atoms with Gasteiger partial charge in [-0.1, -0.05) is 42.2 Å². The first kappa shape index (κ1) is 17.0. The molecular formula is C15H22N2OS2. The van der Waals surface area contributed by atoms with Gasteiger partial charge in [0.05, 0.1) is 5.75 Å². The van der Waals surface area contributed by atoms with Gasteiger partial charge in [-0.3, -0.25) is 4.79 Å². The second-order valence-electron chi connectivity index (χ2n) is 5.06. The van der Waals surface area contributed by atoms with Crippen LogP contribution in [0.3, 0.4) is 0 Å². The third-order valence-electron chi connectivity index (χ3n) is 2.71. The lowest BCUT2D eigenvalue weighted by Gasteiger charge is -2.32. The van der Waals surface area contributed by atoms with Crippen molar-refractivity contribution in [2.24, 2.45) is 0 Å². The zero-order valence-electron chi connectivity index (χ0n) is 12.4. The number of carbonyl (C=O) groups excluding carboxylic acids is 1. The summed E-state index contributed by atoms with van der Waals surface area (Å²) in [7, 11) is 0. The Morgan fingerprint density at radius 1 is 1.20 bits per heavy atom. The van der Waals surface area contributed by atoms with Crippen molar-refractivity contribution in [2.75, 3.05) is 11.1 Å². The highest BCUT2D eigenvalue weighted by Crippen LogP contribution is 2.16. The molecule has 0 aliphatic rings. The van der Waals surface area contributed by atoms with Crippen molar-refractivity contribution in [3.05, 3.63) is 30.3 Å². The van der Waals surface area contributed by atoms with Crippen molar-refractivity contribution in [1.82, 2.24) is 4.90 Å². The molecule has 20 heavy (non-hydrogen) atoms. The second kappa shape index (κ2) is 8.27. The molecule has 0 bridgehead atoms. The van der Waals surface area contributed by atoms with Gasteiger partial charge in [-0.2, -0.15) is 0 Å². The molecular weight excluding hydrogens is 288 g/mol. The molecule has 0 unspecified atom stereocenters. The van der Waals surface area contributed by atoms with Crippen molar-refractivity contribution in [3.8, 4) is 0 Å². The number of hydrogen-bond donors (Lipinski definition) is 1. The van der Waals surface area contributed by atoms with Gasteiger partial charge < -0.3 is 10.2 Å². The fourth-order valence-corrected chi connectivity index (χ4v) is 3.43. The van der Waals surface area contributed by atoms with Crippen LogP contribution in [0.15, 0.2) is 30.3 Å². The molecule has 0 saturated carbocycles. The molecule has 0 heterocycles. The van der Waals surface area contributed by atoms with E-state index in [1.165, 1.54) is 11.8 Å². The van der Waals surface area contributed by atoms with Crippen molar-refractivity contribution >= 4 is 39.9 Å². The second-order valence-corrected chi connectivity index (χ2v) is 6.67. The molecule has 0 aliphatic heterocycles. The summed E-state index contributed by atoms with van der Waals surface area (Å²) >= 11 is 6.83. The predicted octanol–water partition coefficient (Wildman–Crippen LogP) is 3.76. The zero-order valence-corrected chi connectivity index (χ0v) is 14.1. The number of carbonyl (C=O) groups is 1. The summed E-state index contributed by atoms with van der Waals surface area (Å²) in [4.78, 5) is 14.0. The minimum atomic E-state index is -0.0315. The topological polar surface area (TPSA) is 32.3 Å². The van der Waals surface area contributed by atoms with Gasteiger partial charge in [-0.25, -0.2) is 0 Å². The van der Waals surface area contributed by atoms with E-state index < -0.39 is 0 Å².